The van der Waals surface area contributed by atoms with Gasteiger partial charge in [0, 0.05) is 24.0 Å². The highest BCUT2D eigenvalue weighted by Gasteiger charge is 2.30. The lowest BCUT2D eigenvalue weighted by molar-refractivity contribution is -0.142. The van der Waals surface area contributed by atoms with E-state index in [2.05, 4.69) is 42.0 Å². The molecular weight excluding hydrogens is 528 g/mol. The predicted molar refractivity (Wildman–Crippen MR) is 153 cm³/mol. The van der Waals surface area contributed by atoms with E-state index in [0.29, 0.717) is 31.2 Å². The molecule has 0 aliphatic carbocycles. The molecule has 3 aromatic carbocycles. The largest absolute Gasteiger partial charge is 0.484 e. The molecule has 0 aromatic heterocycles. The standard InChI is InChI=1S/C31H37BrN2O3/c1-4-5-19-33-31(36)29(20-24-9-7-6-8-10-24)34(21-25-11-15-27(32)16-12-25)30(35)22-37-28-17-13-26(14-18-28)23(2)3/h6-18,23,29H,4-5,19-22H2,1-3H3,(H,33,36). The van der Waals surface area contributed by atoms with Crippen LogP contribution in [0, 0.1) is 0 Å². The Morgan fingerprint density at radius 3 is 2.22 bits per heavy atom. The zero-order valence-electron chi connectivity index (χ0n) is 22.0. The van der Waals surface area contributed by atoms with Crippen LogP contribution in [-0.2, 0) is 22.6 Å². The molecule has 5 nitrogen and oxygen atoms in total. The van der Waals surface area contributed by atoms with Gasteiger partial charge in [-0.05, 0) is 53.3 Å². The third-order valence-electron chi connectivity index (χ3n) is 6.28. The first-order valence-electron chi connectivity index (χ1n) is 13.0. The van der Waals surface area contributed by atoms with E-state index in [1.54, 1.807) is 4.90 Å². The van der Waals surface area contributed by atoms with Crippen molar-refractivity contribution >= 4 is 27.7 Å². The fraction of sp³-hybridized carbons (Fsp3) is 0.355. The number of nitrogens with one attached hydrogen (secondary N) is 1. The Morgan fingerprint density at radius 1 is 0.919 bits per heavy atom. The summed E-state index contributed by atoms with van der Waals surface area (Å²) in [7, 11) is 0. The number of carbonyl (C=O) groups is 2. The van der Waals surface area contributed by atoms with Gasteiger partial charge in [-0.25, -0.2) is 0 Å². The monoisotopic (exact) mass is 564 g/mol. The molecule has 3 aromatic rings. The van der Waals surface area contributed by atoms with Gasteiger partial charge in [0.05, 0.1) is 0 Å². The van der Waals surface area contributed by atoms with Gasteiger partial charge < -0.3 is 15.0 Å². The maximum atomic E-state index is 13.6. The van der Waals surface area contributed by atoms with Gasteiger partial charge in [0.15, 0.2) is 6.61 Å². The maximum Gasteiger partial charge on any atom is 0.261 e. The Balaban J connectivity index is 1.85. The molecule has 1 unspecified atom stereocenters. The molecule has 37 heavy (non-hydrogen) atoms. The van der Waals surface area contributed by atoms with E-state index < -0.39 is 6.04 Å². The first kappa shape index (κ1) is 28.5. The highest BCUT2D eigenvalue weighted by molar-refractivity contribution is 9.10. The van der Waals surface area contributed by atoms with E-state index in [0.717, 1.165) is 28.4 Å². The van der Waals surface area contributed by atoms with E-state index in [9.17, 15) is 9.59 Å². The van der Waals surface area contributed by atoms with Crippen molar-refractivity contribution in [2.75, 3.05) is 13.2 Å². The highest BCUT2D eigenvalue weighted by Crippen LogP contribution is 2.20. The summed E-state index contributed by atoms with van der Waals surface area (Å²) >= 11 is 3.47. The van der Waals surface area contributed by atoms with Crippen LogP contribution in [0.2, 0.25) is 0 Å². The number of benzene rings is 3. The van der Waals surface area contributed by atoms with Crippen molar-refractivity contribution in [2.45, 2.75) is 58.5 Å². The van der Waals surface area contributed by atoms with Crippen LogP contribution in [0.25, 0.3) is 0 Å². The topological polar surface area (TPSA) is 58.6 Å². The number of carbonyl (C=O) groups excluding carboxylic acids is 2. The second-order valence-corrected chi connectivity index (χ2v) is 10.4. The van der Waals surface area contributed by atoms with Crippen LogP contribution in [0.4, 0.5) is 0 Å². The predicted octanol–water partition coefficient (Wildman–Crippen LogP) is 6.51. The number of amides is 2. The average molecular weight is 566 g/mol. The van der Waals surface area contributed by atoms with Crippen molar-refractivity contribution in [3.63, 3.8) is 0 Å². The zero-order valence-corrected chi connectivity index (χ0v) is 23.5. The minimum atomic E-state index is -0.665. The molecule has 2 amide bonds. The second-order valence-electron chi connectivity index (χ2n) is 9.51. The van der Waals surface area contributed by atoms with Crippen molar-refractivity contribution < 1.29 is 14.3 Å². The van der Waals surface area contributed by atoms with E-state index in [4.69, 9.17) is 4.74 Å². The highest BCUT2D eigenvalue weighted by atomic mass is 79.9. The molecule has 0 aliphatic rings. The number of hydrogen-bond acceptors (Lipinski definition) is 3. The second kappa shape index (κ2) is 14.6. The molecule has 0 radical (unpaired) electrons. The normalized spacial score (nSPS) is 11.7. The molecule has 0 heterocycles. The summed E-state index contributed by atoms with van der Waals surface area (Å²) < 4.78 is 6.85. The van der Waals surface area contributed by atoms with Gasteiger partial charge in [-0.15, -0.1) is 0 Å². The van der Waals surface area contributed by atoms with Crippen molar-refractivity contribution in [1.82, 2.24) is 10.2 Å². The molecule has 0 saturated heterocycles. The summed E-state index contributed by atoms with van der Waals surface area (Å²) in [6, 6.07) is 24.8. The van der Waals surface area contributed by atoms with Crippen molar-refractivity contribution in [3.8, 4) is 5.75 Å². The van der Waals surface area contributed by atoms with Crippen LogP contribution in [0.3, 0.4) is 0 Å². The smallest absolute Gasteiger partial charge is 0.261 e. The first-order chi connectivity index (χ1) is 17.9. The lowest BCUT2D eigenvalue weighted by Gasteiger charge is -2.31. The lowest BCUT2D eigenvalue weighted by Crippen LogP contribution is -2.51. The van der Waals surface area contributed by atoms with Crippen molar-refractivity contribution in [2.24, 2.45) is 0 Å². The Kier molecular flexibility index (Phi) is 11.2. The summed E-state index contributed by atoms with van der Waals surface area (Å²) in [4.78, 5) is 28.7. The van der Waals surface area contributed by atoms with Gasteiger partial charge in [-0.2, -0.15) is 0 Å². The summed E-state index contributed by atoms with van der Waals surface area (Å²) in [6.45, 7) is 7.10. The van der Waals surface area contributed by atoms with E-state index >= 15 is 0 Å². The number of nitrogens with zero attached hydrogens (tertiary/aromatic N) is 1. The van der Waals surface area contributed by atoms with Crippen LogP contribution in [-0.4, -0.2) is 35.9 Å². The minimum Gasteiger partial charge on any atom is -0.484 e. The van der Waals surface area contributed by atoms with Crippen LogP contribution in [0.1, 0.15) is 56.2 Å². The van der Waals surface area contributed by atoms with Crippen LogP contribution < -0.4 is 10.1 Å². The van der Waals surface area contributed by atoms with E-state index in [-0.39, 0.29) is 18.4 Å². The SMILES string of the molecule is CCCCNC(=O)C(Cc1ccccc1)N(Cc1ccc(Br)cc1)C(=O)COc1ccc(C(C)C)cc1. The third-order valence-corrected chi connectivity index (χ3v) is 6.80. The van der Waals surface area contributed by atoms with Gasteiger partial charge in [-0.3, -0.25) is 9.59 Å². The number of unbranched alkanes of at least 4 members (excludes halogenated alkanes) is 1. The Hall–Kier alpha value is -3.12. The third kappa shape index (κ3) is 9.04. The first-order valence-corrected chi connectivity index (χ1v) is 13.7. The fourth-order valence-electron chi connectivity index (χ4n) is 4.02. The molecule has 1 N–H and O–H groups in total. The average Bonchev–Trinajstić information content (AvgIpc) is 2.91. The zero-order chi connectivity index (χ0) is 26.6. The fourth-order valence-corrected chi connectivity index (χ4v) is 4.29. The van der Waals surface area contributed by atoms with Crippen LogP contribution in [0.15, 0.2) is 83.3 Å². The van der Waals surface area contributed by atoms with Crippen molar-refractivity contribution in [3.05, 3.63) is 100 Å². The van der Waals surface area contributed by atoms with Gasteiger partial charge in [0.2, 0.25) is 5.91 Å². The summed E-state index contributed by atoms with van der Waals surface area (Å²) in [5, 5.41) is 3.04. The van der Waals surface area contributed by atoms with Gasteiger partial charge in [-0.1, -0.05) is 97.7 Å². The molecule has 0 fully saturated rings. The number of ether oxygens (including phenoxy) is 1. The summed E-state index contributed by atoms with van der Waals surface area (Å²) in [6.07, 6.45) is 2.29. The van der Waals surface area contributed by atoms with E-state index in [1.165, 1.54) is 5.56 Å². The van der Waals surface area contributed by atoms with Crippen molar-refractivity contribution in [1.29, 1.82) is 0 Å². The van der Waals surface area contributed by atoms with Gasteiger partial charge >= 0.3 is 0 Å². The number of halogens is 1. The van der Waals surface area contributed by atoms with E-state index in [1.807, 2.05) is 78.9 Å². The Morgan fingerprint density at radius 2 is 1.59 bits per heavy atom. The lowest BCUT2D eigenvalue weighted by atomic mass is 10.0. The quantitative estimate of drug-likeness (QED) is 0.241. The van der Waals surface area contributed by atoms with Crippen LogP contribution >= 0.6 is 15.9 Å². The number of rotatable bonds is 13. The van der Waals surface area contributed by atoms with Gasteiger partial charge in [0.25, 0.3) is 5.91 Å². The molecule has 0 aliphatic heterocycles. The molecule has 196 valence electrons. The molecule has 0 spiro atoms. The molecule has 6 heteroatoms. The molecule has 1 atom stereocenters. The Labute approximate surface area is 229 Å². The molecule has 3 rings (SSSR count). The summed E-state index contributed by atoms with van der Waals surface area (Å²) in [5.74, 6) is 0.668. The Bertz CT molecular complexity index is 1120. The molecule has 0 bridgehead atoms. The maximum absolute atomic E-state index is 13.6. The van der Waals surface area contributed by atoms with Crippen LogP contribution in [0.5, 0.6) is 5.75 Å². The summed E-state index contributed by atoms with van der Waals surface area (Å²) in [5.41, 5.74) is 3.15. The minimum absolute atomic E-state index is 0.148. The number of hydrogen-bond donors (Lipinski definition) is 1. The molecule has 0 saturated carbocycles. The van der Waals surface area contributed by atoms with Gasteiger partial charge in [0.1, 0.15) is 11.8 Å². The molecular formula is C31H37BrN2O3.